The number of fused-ring (bicyclic) bond motifs is 1. The summed E-state index contributed by atoms with van der Waals surface area (Å²) in [5.41, 5.74) is 0.718. The summed E-state index contributed by atoms with van der Waals surface area (Å²) in [5.74, 6) is 1.81. The van der Waals surface area contributed by atoms with Crippen molar-refractivity contribution in [1.82, 2.24) is 14.3 Å². The summed E-state index contributed by atoms with van der Waals surface area (Å²) < 4.78 is 42.5. The van der Waals surface area contributed by atoms with Crippen LogP contribution in [0.3, 0.4) is 0 Å². The van der Waals surface area contributed by atoms with Crippen molar-refractivity contribution in [3.05, 3.63) is 84.4 Å². The Hall–Kier alpha value is -3.36. The highest BCUT2D eigenvalue weighted by Gasteiger charge is 2.27. The first kappa shape index (κ1) is 20.9. The molecule has 1 heterocycles. The van der Waals surface area contributed by atoms with E-state index < -0.39 is 16.1 Å². The summed E-state index contributed by atoms with van der Waals surface area (Å²) in [6.07, 6.45) is 3.42. The van der Waals surface area contributed by atoms with Crippen molar-refractivity contribution in [2.24, 2.45) is 7.05 Å². The van der Waals surface area contributed by atoms with Gasteiger partial charge in [-0.3, -0.25) is 0 Å². The Morgan fingerprint density at radius 1 is 0.968 bits per heavy atom. The van der Waals surface area contributed by atoms with Crippen molar-refractivity contribution >= 4 is 20.8 Å². The van der Waals surface area contributed by atoms with Crippen LogP contribution in [0.25, 0.3) is 10.8 Å². The van der Waals surface area contributed by atoms with E-state index in [0.717, 1.165) is 10.9 Å². The van der Waals surface area contributed by atoms with Gasteiger partial charge >= 0.3 is 0 Å². The second kappa shape index (κ2) is 8.41. The van der Waals surface area contributed by atoms with Gasteiger partial charge in [-0.15, -0.1) is 0 Å². The Labute approximate surface area is 181 Å². The molecule has 4 rings (SSSR count). The smallest absolute Gasteiger partial charge is 0.242 e. The van der Waals surface area contributed by atoms with Gasteiger partial charge in [0.15, 0.2) is 0 Å². The summed E-state index contributed by atoms with van der Waals surface area (Å²) in [6.45, 7) is 0. The van der Waals surface area contributed by atoms with Crippen LogP contribution in [0.5, 0.6) is 11.5 Å². The first-order chi connectivity index (χ1) is 14.9. The molecular formula is C23H23N3O4S. The average molecular weight is 438 g/mol. The van der Waals surface area contributed by atoms with Crippen LogP contribution >= 0.6 is 0 Å². The van der Waals surface area contributed by atoms with Gasteiger partial charge in [0, 0.05) is 30.2 Å². The molecule has 1 aromatic heterocycles. The zero-order valence-corrected chi connectivity index (χ0v) is 18.3. The maximum Gasteiger partial charge on any atom is 0.242 e. The molecule has 0 fully saturated rings. The van der Waals surface area contributed by atoms with Gasteiger partial charge in [0.1, 0.15) is 23.4 Å². The van der Waals surface area contributed by atoms with Crippen LogP contribution in [-0.4, -0.2) is 32.2 Å². The Morgan fingerprint density at radius 3 is 2.42 bits per heavy atom. The van der Waals surface area contributed by atoms with Gasteiger partial charge in [-0.1, -0.05) is 36.4 Å². The van der Waals surface area contributed by atoms with E-state index in [1.165, 1.54) is 0 Å². The molecule has 0 radical (unpaired) electrons. The van der Waals surface area contributed by atoms with Crippen molar-refractivity contribution in [3.63, 3.8) is 0 Å². The van der Waals surface area contributed by atoms with Crippen molar-refractivity contribution in [1.29, 1.82) is 0 Å². The third kappa shape index (κ3) is 3.99. The molecule has 0 spiro atoms. The number of rotatable bonds is 7. The Morgan fingerprint density at radius 2 is 1.74 bits per heavy atom. The van der Waals surface area contributed by atoms with E-state index >= 15 is 0 Å². The van der Waals surface area contributed by atoms with Gasteiger partial charge in [0.25, 0.3) is 0 Å². The van der Waals surface area contributed by atoms with E-state index in [0.29, 0.717) is 22.7 Å². The second-order valence-corrected chi connectivity index (χ2v) is 8.72. The number of nitrogens with one attached hydrogen (secondary N) is 1. The first-order valence-corrected chi connectivity index (χ1v) is 11.1. The molecule has 160 valence electrons. The van der Waals surface area contributed by atoms with Gasteiger partial charge in [0.05, 0.1) is 19.1 Å². The van der Waals surface area contributed by atoms with Crippen LogP contribution < -0.4 is 14.2 Å². The molecule has 0 aliphatic carbocycles. The lowest BCUT2D eigenvalue weighted by Crippen LogP contribution is -2.31. The average Bonchev–Trinajstić information content (AvgIpc) is 3.22. The van der Waals surface area contributed by atoms with Gasteiger partial charge in [0.2, 0.25) is 10.0 Å². The number of ether oxygens (including phenoxy) is 2. The van der Waals surface area contributed by atoms with E-state index in [4.69, 9.17) is 9.47 Å². The van der Waals surface area contributed by atoms with E-state index in [9.17, 15) is 8.42 Å². The maximum atomic E-state index is 13.6. The van der Waals surface area contributed by atoms with E-state index in [1.54, 1.807) is 61.5 Å². The Bertz CT molecular complexity index is 1330. The van der Waals surface area contributed by atoms with Crippen molar-refractivity contribution in [2.75, 3.05) is 14.2 Å². The zero-order chi connectivity index (χ0) is 22.0. The lowest BCUT2D eigenvalue weighted by molar-refractivity contribution is 0.413. The third-order valence-electron chi connectivity index (χ3n) is 5.17. The van der Waals surface area contributed by atoms with Crippen molar-refractivity contribution < 1.29 is 17.9 Å². The fourth-order valence-electron chi connectivity index (χ4n) is 3.62. The van der Waals surface area contributed by atoms with Crippen molar-refractivity contribution in [2.45, 2.75) is 10.9 Å². The fourth-order valence-corrected chi connectivity index (χ4v) is 5.01. The van der Waals surface area contributed by atoms with E-state index in [2.05, 4.69) is 9.71 Å². The minimum atomic E-state index is -3.92. The number of hydrogen-bond donors (Lipinski definition) is 1. The molecule has 4 aromatic rings. The van der Waals surface area contributed by atoms with Crippen LogP contribution in [0, 0.1) is 0 Å². The molecule has 3 aromatic carbocycles. The summed E-state index contributed by atoms with van der Waals surface area (Å²) in [7, 11) is 1.04. The molecule has 7 nitrogen and oxygen atoms in total. The van der Waals surface area contributed by atoms with Crippen LogP contribution in [-0.2, 0) is 17.1 Å². The maximum absolute atomic E-state index is 13.6. The standard InChI is InChI=1S/C23H23N3O4S/c1-26-14-13-24-23(26)22(16-7-6-8-17(15-16)29-2)25-31(27,28)21-12-11-20(30-3)18-9-4-5-10-19(18)21/h4-15,22,25H,1-3H3. The number of methoxy groups -OCH3 is 2. The lowest BCUT2D eigenvalue weighted by Gasteiger charge is -2.20. The number of sulfonamides is 1. The molecular weight excluding hydrogens is 414 g/mol. The topological polar surface area (TPSA) is 82.4 Å². The lowest BCUT2D eigenvalue weighted by atomic mass is 10.1. The predicted octanol–water partition coefficient (Wildman–Crippen LogP) is 3.66. The van der Waals surface area contributed by atoms with E-state index in [-0.39, 0.29) is 4.90 Å². The van der Waals surface area contributed by atoms with Crippen LogP contribution in [0.2, 0.25) is 0 Å². The Kier molecular flexibility index (Phi) is 5.67. The molecule has 0 saturated heterocycles. The molecule has 0 amide bonds. The summed E-state index contributed by atoms with van der Waals surface area (Å²) >= 11 is 0. The Balaban J connectivity index is 1.84. The molecule has 1 N–H and O–H groups in total. The first-order valence-electron chi connectivity index (χ1n) is 9.64. The van der Waals surface area contributed by atoms with Gasteiger partial charge in [-0.05, 0) is 29.8 Å². The van der Waals surface area contributed by atoms with Crippen LogP contribution in [0.4, 0.5) is 0 Å². The molecule has 1 atom stereocenters. The van der Waals surface area contributed by atoms with Crippen LogP contribution in [0.15, 0.2) is 78.0 Å². The molecule has 0 bridgehead atoms. The van der Waals surface area contributed by atoms with Gasteiger partial charge < -0.3 is 14.0 Å². The zero-order valence-electron chi connectivity index (χ0n) is 17.4. The predicted molar refractivity (Wildman–Crippen MR) is 119 cm³/mol. The SMILES string of the molecule is COc1cccc(C(NS(=O)(=O)c2ccc(OC)c3ccccc23)c2nccn2C)c1. The minimum Gasteiger partial charge on any atom is -0.497 e. The normalized spacial score (nSPS) is 12.6. The number of imidazole rings is 1. The minimum absolute atomic E-state index is 0.172. The molecule has 0 aliphatic rings. The summed E-state index contributed by atoms with van der Waals surface area (Å²) in [4.78, 5) is 4.56. The fraction of sp³-hybridized carbons (Fsp3) is 0.174. The summed E-state index contributed by atoms with van der Waals surface area (Å²) in [6, 6.07) is 17.1. The highest BCUT2D eigenvalue weighted by molar-refractivity contribution is 7.89. The molecule has 31 heavy (non-hydrogen) atoms. The molecule has 8 heteroatoms. The molecule has 1 unspecified atom stereocenters. The van der Waals surface area contributed by atoms with Crippen molar-refractivity contribution in [3.8, 4) is 11.5 Å². The van der Waals surface area contributed by atoms with Gasteiger partial charge in [-0.25, -0.2) is 13.4 Å². The third-order valence-corrected chi connectivity index (χ3v) is 6.65. The quantitative estimate of drug-likeness (QED) is 0.477. The number of aromatic nitrogens is 2. The second-order valence-electron chi connectivity index (χ2n) is 7.04. The highest BCUT2D eigenvalue weighted by atomic mass is 32.2. The molecule has 0 saturated carbocycles. The molecule has 0 aliphatic heterocycles. The number of nitrogens with zero attached hydrogens (tertiary/aromatic N) is 2. The van der Waals surface area contributed by atoms with E-state index in [1.807, 2.05) is 37.4 Å². The number of aryl methyl sites for hydroxylation is 1. The largest absolute Gasteiger partial charge is 0.497 e. The highest BCUT2D eigenvalue weighted by Crippen LogP contribution is 2.32. The van der Waals surface area contributed by atoms with Gasteiger partial charge in [-0.2, -0.15) is 4.72 Å². The number of hydrogen-bond acceptors (Lipinski definition) is 5. The van der Waals surface area contributed by atoms with Crippen LogP contribution in [0.1, 0.15) is 17.4 Å². The summed E-state index contributed by atoms with van der Waals surface area (Å²) in [5, 5.41) is 1.31. The monoisotopic (exact) mass is 437 g/mol. The number of benzene rings is 3.